The van der Waals surface area contributed by atoms with Crippen LogP contribution in [0.1, 0.15) is 18.3 Å². The van der Waals surface area contributed by atoms with E-state index in [1.165, 1.54) is 0 Å². The first-order chi connectivity index (χ1) is 9.40. The first-order valence-electron chi connectivity index (χ1n) is 7.06. The summed E-state index contributed by atoms with van der Waals surface area (Å²) in [5.41, 5.74) is 1.87. The van der Waals surface area contributed by atoms with Gasteiger partial charge in [-0.05, 0) is 32.6 Å². The second-order valence-corrected chi connectivity index (χ2v) is 6.54. The largest absolute Gasteiger partial charge is 0.481 e. The summed E-state index contributed by atoms with van der Waals surface area (Å²) in [7, 11) is 0. The molecule has 2 fully saturated rings. The van der Waals surface area contributed by atoms with E-state index in [-0.39, 0.29) is 5.92 Å². The van der Waals surface area contributed by atoms with Crippen LogP contribution in [-0.2, 0) is 11.3 Å². The molecule has 6 heteroatoms. The molecule has 2 heterocycles. The highest BCUT2D eigenvalue weighted by atomic mass is 35.5. The summed E-state index contributed by atoms with van der Waals surface area (Å²) in [5, 5.41) is 14.2. The molecule has 4 atom stereocenters. The third-order valence-corrected chi connectivity index (χ3v) is 5.41. The molecule has 2 aliphatic rings. The highest BCUT2D eigenvalue weighted by molar-refractivity contribution is 6.31. The molecule has 20 heavy (non-hydrogen) atoms. The van der Waals surface area contributed by atoms with Gasteiger partial charge in [-0.15, -0.1) is 0 Å². The minimum Gasteiger partial charge on any atom is -0.481 e. The highest BCUT2D eigenvalue weighted by Crippen LogP contribution is 2.52. The van der Waals surface area contributed by atoms with Crippen molar-refractivity contribution in [3.8, 4) is 0 Å². The van der Waals surface area contributed by atoms with Gasteiger partial charge in [-0.3, -0.25) is 14.4 Å². The summed E-state index contributed by atoms with van der Waals surface area (Å²) in [5.74, 6) is -0.00260. The van der Waals surface area contributed by atoms with E-state index in [1.54, 1.807) is 0 Å². The van der Waals surface area contributed by atoms with Gasteiger partial charge in [0, 0.05) is 19.1 Å². The monoisotopic (exact) mass is 297 g/mol. The zero-order valence-electron chi connectivity index (χ0n) is 12.0. The zero-order valence-corrected chi connectivity index (χ0v) is 12.8. The van der Waals surface area contributed by atoms with Gasteiger partial charge in [0.1, 0.15) is 0 Å². The summed E-state index contributed by atoms with van der Waals surface area (Å²) in [6.45, 7) is 8.67. The van der Waals surface area contributed by atoms with E-state index in [0.717, 1.165) is 36.0 Å². The topological polar surface area (TPSA) is 58.4 Å². The molecule has 5 nitrogen and oxygen atoms in total. The van der Waals surface area contributed by atoms with E-state index >= 15 is 0 Å². The van der Waals surface area contributed by atoms with Gasteiger partial charge in [0.2, 0.25) is 0 Å². The minimum absolute atomic E-state index is 0.0958. The number of carbonyl (C=O) groups is 1. The van der Waals surface area contributed by atoms with Crippen LogP contribution in [0.25, 0.3) is 0 Å². The Labute approximate surface area is 123 Å². The molecule has 0 spiro atoms. The number of nitrogens with zero attached hydrogens (tertiary/aromatic N) is 3. The van der Waals surface area contributed by atoms with Gasteiger partial charge in [-0.2, -0.15) is 5.10 Å². The first kappa shape index (κ1) is 13.9. The fourth-order valence-electron chi connectivity index (χ4n) is 3.50. The second kappa shape index (κ2) is 4.74. The third kappa shape index (κ3) is 2.13. The lowest BCUT2D eigenvalue weighted by atomic mass is 10.2. The number of aromatic nitrogens is 2. The van der Waals surface area contributed by atoms with Crippen molar-refractivity contribution >= 4 is 17.6 Å². The molecule has 1 aliphatic heterocycles. The van der Waals surface area contributed by atoms with Gasteiger partial charge in [-0.1, -0.05) is 11.6 Å². The summed E-state index contributed by atoms with van der Waals surface area (Å²) in [6.07, 6.45) is 0. The molecule has 0 radical (unpaired) electrons. The van der Waals surface area contributed by atoms with Crippen LogP contribution in [0, 0.1) is 31.6 Å². The molecule has 3 rings (SSSR count). The van der Waals surface area contributed by atoms with Crippen LogP contribution in [0.5, 0.6) is 0 Å². The highest BCUT2D eigenvalue weighted by Gasteiger charge is 2.60. The standard InChI is InChI=1S/C14H20ClN3O2/c1-7(4-18-9(3)13(15)8(2)16-18)17-5-10-11(6-17)12(10)14(19)20/h7,10-12H,4-6H2,1-3H3,(H,19,20)/t7?,10-,11+,12?. The number of carboxylic acids is 1. The lowest BCUT2D eigenvalue weighted by molar-refractivity contribution is -0.139. The van der Waals surface area contributed by atoms with E-state index in [0.29, 0.717) is 17.9 Å². The van der Waals surface area contributed by atoms with Crippen LogP contribution in [-0.4, -0.2) is 44.9 Å². The maximum atomic E-state index is 11.0. The maximum absolute atomic E-state index is 11.0. The fraction of sp³-hybridized carbons (Fsp3) is 0.714. The van der Waals surface area contributed by atoms with Crippen LogP contribution >= 0.6 is 11.6 Å². The van der Waals surface area contributed by atoms with Gasteiger partial charge < -0.3 is 5.11 Å². The molecular formula is C14H20ClN3O2. The lowest BCUT2D eigenvalue weighted by Crippen LogP contribution is -2.37. The Morgan fingerprint density at radius 3 is 2.50 bits per heavy atom. The molecule has 1 N–H and O–H groups in total. The van der Waals surface area contributed by atoms with Crippen molar-refractivity contribution in [3.05, 3.63) is 16.4 Å². The molecule has 0 aromatic carbocycles. The van der Waals surface area contributed by atoms with Crippen molar-refractivity contribution < 1.29 is 9.90 Å². The molecule has 2 unspecified atom stereocenters. The molecule has 1 aliphatic carbocycles. The normalized spacial score (nSPS) is 30.3. The average Bonchev–Trinajstić information content (AvgIpc) is 2.81. The molecule has 0 amide bonds. The number of hydrogen-bond donors (Lipinski definition) is 1. The fourth-order valence-corrected chi connectivity index (χ4v) is 3.64. The summed E-state index contributed by atoms with van der Waals surface area (Å²) in [6, 6.07) is 0.353. The number of aryl methyl sites for hydroxylation is 1. The van der Waals surface area contributed by atoms with Gasteiger partial charge in [-0.25, -0.2) is 0 Å². The van der Waals surface area contributed by atoms with E-state index in [4.69, 9.17) is 16.7 Å². The Morgan fingerprint density at radius 1 is 1.45 bits per heavy atom. The number of hydrogen-bond acceptors (Lipinski definition) is 3. The molecule has 1 saturated heterocycles. The minimum atomic E-state index is -0.627. The molecule has 0 bridgehead atoms. The van der Waals surface area contributed by atoms with E-state index < -0.39 is 5.97 Å². The molecule has 110 valence electrons. The maximum Gasteiger partial charge on any atom is 0.307 e. The van der Waals surface area contributed by atoms with E-state index in [2.05, 4.69) is 16.9 Å². The van der Waals surface area contributed by atoms with Crippen LogP contribution in [0.15, 0.2) is 0 Å². The Morgan fingerprint density at radius 2 is 2.05 bits per heavy atom. The Hall–Kier alpha value is -1.07. The summed E-state index contributed by atoms with van der Waals surface area (Å²) < 4.78 is 1.96. The molecule has 1 aromatic heterocycles. The van der Waals surface area contributed by atoms with E-state index in [1.807, 2.05) is 18.5 Å². The van der Waals surface area contributed by atoms with Crippen LogP contribution in [0.4, 0.5) is 0 Å². The van der Waals surface area contributed by atoms with Crippen molar-refractivity contribution in [2.75, 3.05) is 13.1 Å². The van der Waals surface area contributed by atoms with Crippen molar-refractivity contribution in [3.63, 3.8) is 0 Å². The quantitative estimate of drug-likeness (QED) is 0.921. The Bertz CT molecular complexity index is 545. The molecular weight excluding hydrogens is 278 g/mol. The SMILES string of the molecule is Cc1nn(CC(C)N2C[C@@H]3C(C(=O)O)[C@@H]3C2)c(C)c1Cl. The molecule has 1 saturated carbocycles. The Kier molecular flexibility index (Phi) is 3.29. The number of carboxylic acid groups (broad SMARTS) is 1. The van der Waals surface area contributed by atoms with Crippen LogP contribution in [0.3, 0.4) is 0 Å². The number of rotatable bonds is 4. The lowest BCUT2D eigenvalue weighted by Gasteiger charge is -2.26. The third-order valence-electron chi connectivity index (χ3n) is 4.86. The van der Waals surface area contributed by atoms with Crippen molar-refractivity contribution in [1.29, 1.82) is 0 Å². The Balaban J connectivity index is 1.60. The van der Waals surface area contributed by atoms with Gasteiger partial charge >= 0.3 is 5.97 Å². The zero-order chi connectivity index (χ0) is 14.6. The summed E-state index contributed by atoms with van der Waals surface area (Å²) in [4.78, 5) is 13.4. The second-order valence-electron chi connectivity index (χ2n) is 6.16. The van der Waals surface area contributed by atoms with Crippen molar-refractivity contribution in [2.24, 2.45) is 17.8 Å². The first-order valence-corrected chi connectivity index (χ1v) is 7.44. The predicted molar refractivity (Wildman–Crippen MR) is 75.9 cm³/mol. The number of fused-ring (bicyclic) bond motifs is 1. The summed E-state index contributed by atoms with van der Waals surface area (Å²) >= 11 is 6.16. The van der Waals surface area contributed by atoms with Crippen LogP contribution in [0.2, 0.25) is 5.02 Å². The van der Waals surface area contributed by atoms with Crippen LogP contribution < -0.4 is 0 Å². The number of piperidine rings is 1. The van der Waals surface area contributed by atoms with Gasteiger partial charge in [0.15, 0.2) is 0 Å². The number of halogens is 1. The smallest absolute Gasteiger partial charge is 0.307 e. The number of likely N-dealkylation sites (tertiary alicyclic amines) is 1. The predicted octanol–water partition coefficient (Wildman–Crippen LogP) is 1.80. The van der Waals surface area contributed by atoms with Gasteiger partial charge in [0.25, 0.3) is 0 Å². The molecule has 1 aromatic rings. The van der Waals surface area contributed by atoms with E-state index in [9.17, 15) is 4.79 Å². The average molecular weight is 298 g/mol. The number of aliphatic carboxylic acids is 1. The van der Waals surface area contributed by atoms with Crippen molar-refractivity contribution in [2.45, 2.75) is 33.4 Å². The van der Waals surface area contributed by atoms with Gasteiger partial charge in [0.05, 0.1) is 28.9 Å². The van der Waals surface area contributed by atoms with Crippen molar-refractivity contribution in [1.82, 2.24) is 14.7 Å².